The van der Waals surface area contributed by atoms with Gasteiger partial charge in [0.05, 0.1) is 5.52 Å². The van der Waals surface area contributed by atoms with Gasteiger partial charge in [-0.1, -0.05) is 19.1 Å². The van der Waals surface area contributed by atoms with Gasteiger partial charge in [-0.25, -0.2) is 0 Å². The molecule has 2 rings (SSSR count). The van der Waals surface area contributed by atoms with E-state index in [4.69, 9.17) is 5.73 Å². The Kier molecular flexibility index (Phi) is 2.35. The van der Waals surface area contributed by atoms with E-state index in [1.807, 2.05) is 6.07 Å². The van der Waals surface area contributed by atoms with Crippen molar-refractivity contribution in [2.75, 3.05) is 5.73 Å². The fourth-order valence-electron chi connectivity index (χ4n) is 1.79. The lowest BCUT2D eigenvalue weighted by Crippen LogP contribution is -1.97. The average Bonchev–Trinajstić information content (AvgIpc) is 2.23. The zero-order valence-corrected chi connectivity index (χ0v) is 9.46. The Morgan fingerprint density at radius 2 is 2.00 bits per heavy atom. The summed E-state index contributed by atoms with van der Waals surface area (Å²) < 4.78 is 0. The molecule has 0 bridgehead atoms. The van der Waals surface area contributed by atoms with E-state index in [1.165, 1.54) is 11.1 Å². The highest BCUT2D eigenvalue weighted by molar-refractivity contribution is 5.92. The second-order valence-corrected chi connectivity index (χ2v) is 3.96. The fraction of sp³-hybridized carbons (Fsp3) is 0.308. The molecule has 15 heavy (non-hydrogen) atoms. The number of aryl methyl sites for hydroxylation is 3. The normalized spacial score (nSPS) is 10.9. The maximum atomic E-state index is 6.01. The Bertz CT molecular complexity index is 515. The highest BCUT2D eigenvalue weighted by atomic mass is 14.7. The van der Waals surface area contributed by atoms with Crippen LogP contribution in [0.4, 0.5) is 5.69 Å². The molecule has 0 spiro atoms. The van der Waals surface area contributed by atoms with Crippen LogP contribution in [0.5, 0.6) is 0 Å². The van der Waals surface area contributed by atoms with Crippen LogP contribution in [-0.4, -0.2) is 4.98 Å². The van der Waals surface area contributed by atoms with Gasteiger partial charge in [0, 0.05) is 16.8 Å². The van der Waals surface area contributed by atoms with Gasteiger partial charge >= 0.3 is 0 Å². The van der Waals surface area contributed by atoms with Crippen molar-refractivity contribution in [1.82, 2.24) is 4.98 Å². The topological polar surface area (TPSA) is 38.9 Å². The lowest BCUT2D eigenvalue weighted by molar-refractivity contribution is 1.05. The third kappa shape index (κ3) is 1.56. The summed E-state index contributed by atoms with van der Waals surface area (Å²) in [6.45, 7) is 6.30. The Morgan fingerprint density at radius 3 is 2.67 bits per heavy atom. The molecule has 0 atom stereocenters. The summed E-state index contributed by atoms with van der Waals surface area (Å²) in [7, 11) is 0. The molecule has 0 aliphatic heterocycles. The summed E-state index contributed by atoms with van der Waals surface area (Å²) in [5.41, 5.74) is 11.5. The minimum absolute atomic E-state index is 0.833. The molecule has 0 aliphatic rings. The number of nitrogen functional groups attached to an aromatic ring is 1. The van der Waals surface area contributed by atoms with Crippen LogP contribution in [0.15, 0.2) is 18.2 Å². The predicted octanol–water partition coefficient (Wildman–Crippen LogP) is 3.00. The number of rotatable bonds is 1. The molecule has 78 valence electrons. The summed E-state index contributed by atoms with van der Waals surface area (Å²) in [4.78, 5) is 4.63. The van der Waals surface area contributed by atoms with Crippen molar-refractivity contribution < 1.29 is 0 Å². The number of aromatic nitrogens is 1. The van der Waals surface area contributed by atoms with Crippen LogP contribution in [0.2, 0.25) is 0 Å². The number of hydrogen-bond donors (Lipinski definition) is 1. The van der Waals surface area contributed by atoms with E-state index in [1.54, 1.807) is 0 Å². The molecule has 0 aliphatic carbocycles. The monoisotopic (exact) mass is 200 g/mol. The Hall–Kier alpha value is -1.57. The standard InChI is InChI=1S/C13H16N2/c1-4-10-7-12(14)11-6-5-8(2)9(3)13(11)15-10/h5-7H,4H2,1-3H3,(H2,14,15). The Morgan fingerprint density at radius 1 is 1.27 bits per heavy atom. The molecule has 0 saturated carbocycles. The second kappa shape index (κ2) is 3.54. The second-order valence-electron chi connectivity index (χ2n) is 3.96. The number of benzene rings is 1. The maximum absolute atomic E-state index is 6.01. The summed E-state index contributed by atoms with van der Waals surface area (Å²) in [5, 5.41) is 1.07. The van der Waals surface area contributed by atoms with Crippen LogP contribution in [0.3, 0.4) is 0 Å². The van der Waals surface area contributed by atoms with E-state index in [9.17, 15) is 0 Å². The lowest BCUT2D eigenvalue weighted by Gasteiger charge is -2.09. The number of anilines is 1. The smallest absolute Gasteiger partial charge is 0.0757 e. The lowest BCUT2D eigenvalue weighted by atomic mass is 10.0. The molecule has 0 amide bonds. The van der Waals surface area contributed by atoms with E-state index in [0.717, 1.165) is 28.7 Å². The first-order chi connectivity index (χ1) is 7.13. The van der Waals surface area contributed by atoms with Gasteiger partial charge in [0.25, 0.3) is 0 Å². The zero-order chi connectivity index (χ0) is 11.0. The van der Waals surface area contributed by atoms with Gasteiger partial charge in [-0.2, -0.15) is 0 Å². The zero-order valence-electron chi connectivity index (χ0n) is 9.46. The van der Waals surface area contributed by atoms with Crippen LogP contribution < -0.4 is 5.73 Å². The summed E-state index contributed by atoms with van der Waals surface area (Å²) in [6, 6.07) is 6.12. The van der Waals surface area contributed by atoms with Crippen molar-refractivity contribution in [1.29, 1.82) is 0 Å². The van der Waals surface area contributed by atoms with Crippen molar-refractivity contribution in [3.8, 4) is 0 Å². The number of hydrogen-bond acceptors (Lipinski definition) is 2. The van der Waals surface area contributed by atoms with Crippen LogP contribution >= 0.6 is 0 Å². The molecule has 1 aromatic heterocycles. The first-order valence-corrected chi connectivity index (χ1v) is 5.28. The van der Waals surface area contributed by atoms with E-state index < -0.39 is 0 Å². The van der Waals surface area contributed by atoms with Gasteiger partial charge in [0.1, 0.15) is 0 Å². The van der Waals surface area contributed by atoms with Gasteiger partial charge in [-0.15, -0.1) is 0 Å². The Labute approximate surface area is 90.1 Å². The summed E-state index contributed by atoms with van der Waals surface area (Å²) >= 11 is 0. The number of fused-ring (bicyclic) bond motifs is 1. The molecular weight excluding hydrogens is 184 g/mol. The molecule has 0 saturated heterocycles. The van der Waals surface area contributed by atoms with Crippen molar-refractivity contribution in [3.63, 3.8) is 0 Å². The first kappa shape index (κ1) is 9.97. The van der Waals surface area contributed by atoms with Gasteiger partial charge in [-0.3, -0.25) is 4.98 Å². The number of nitrogens with two attached hydrogens (primary N) is 1. The van der Waals surface area contributed by atoms with Crippen molar-refractivity contribution in [2.24, 2.45) is 0 Å². The molecule has 2 nitrogen and oxygen atoms in total. The third-order valence-electron chi connectivity index (χ3n) is 2.95. The summed E-state index contributed by atoms with van der Waals surface area (Å²) in [5.74, 6) is 0. The van der Waals surface area contributed by atoms with E-state index in [2.05, 4.69) is 37.9 Å². The van der Waals surface area contributed by atoms with Gasteiger partial charge in [0.15, 0.2) is 0 Å². The third-order valence-corrected chi connectivity index (χ3v) is 2.95. The quantitative estimate of drug-likeness (QED) is 0.768. The minimum Gasteiger partial charge on any atom is -0.398 e. The van der Waals surface area contributed by atoms with E-state index in [-0.39, 0.29) is 0 Å². The largest absolute Gasteiger partial charge is 0.398 e. The first-order valence-electron chi connectivity index (χ1n) is 5.28. The molecule has 1 aromatic carbocycles. The maximum Gasteiger partial charge on any atom is 0.0757 e. The highest BCUT2D eigenvalue weighted by Gasteiger charge is 2.06. The van der Waals surface area contributed by atoms with Crippen LogP contribution in [-0.2, 0) is 6.42 Å². The van der Waals surface area contributed by atoms with Gasteiger partial charge < -0.3 is 5.73 Å². The molecule has 2 N–H and O–H groups in total. The molecule has 2 heteroatoms. The van der Waals surface area contributed by atoms with E-state index in [0.29, 0.717) is 0 Å². The molecule has 0 fully saturated rings. The Balaban J connectivity index is 2.86. The fourth-order valence-corrected chi connectivity index (χ4v) is 1.79. The predicted molar refractivity (Wildman–Crippen MR) is 65.0 cm³/mol. The highest BCUT2D eigenvalue weighted by Crippen LogP contribution is 2.25. The van der Waals surface area contributed by atoms with Crippen molar-refractivity contribution in [2.45, 2.75) is 27.2 Å². The van der Waals surface area contributed by atoms with Crippen molar-refractivity contribution in [3.05, 3.63) is 35.0 Å². The molecule has 0 radical (unpaired) electrons. The number of nitrogens with zero attached hydrogens (tertiary/aromatic N) is 1. The van der Waals surface area contributed by atoms with Crippen LogP contribution in [0.1, 0.15) is 23.7 Å². The molecular formula is C13H16N2. The van der Waals surface area contributed by atoms with E-state index >= 15 is 0 Å². The minimum atomic E-state index is 0.833. The summed E-state index contributed by atoms with van der Waals surface area (Å²) in [6.07, 6.45) is 0.924. The van der Waals surface area contributed by atoms with Gasteiger partial charge in [-0.05, 0) is 37.5 Å². The SMILES string of the molecule is CCc1cc(N)c2ccc(C)c(C)c2n1. The van der Waals surface area contributed by atoms with Crippen LogP contribution in [0, 0.1) is 13.8 Å². The molecule has 1 heterocycles. The number of pyridine rings is 1. The molecule has 0 unspecified atom stereocenters. The van der Waals surface area contributed by atoms with Crippen molar-refractivity contribution >= 4 is 16.6 Å². The van der Waals surface area contributed by atoms with Crippen LogP contribution in [0.25, 0.3) is 10.9 Å². The van der Waals surface area contributed by atoms with Gasteiger partial charge in [0.2, 0.25) is 0 Å². The molecule has 2 aromatic rings. The average molecular weight is 200 g/mol.